The molecule has 5 aromatic rings. The number of hydrogen-bond acceptors (Lipinski definition) is 3. The number of hydrogen-bond donors (Lipinski definition) is 0. The van der Waals surface area contributed by atoms with Crippen LogP contribution in [0.5, 0.6) is 11.5 Å². The lowest BCUT2D eigenvalue weighted by Gasteiger charge is -2.16. The minimum Gasteiger partial charge on any atom is -0.493 e. The molecule has 0 saturated heterocycles. The van der Waals surface area contributed by atoms with Gasteiger partial charge in [-0.3, -0.25) is 4.98 Å². The molecule has 0 atom stereocenters. The molecular formula is C29H23NO2. The Morgan fingerprint density at radius 2 is 1.25 bits per heavy atom. The minimum atomic E-state index is 0.695. The van der Waals surface area contributed by atoms with Gasteiger partial charge in [0.2, 0.25) is 0 Å². The van der Waals surface area contributed by atoms with Crippen LogP contribution in [0.25, 0.3) is 44.3 Å². The van der Waals surface area contributed by atoms with Gasteiger partial charge in [0, 0.05) is 22.7 Å². The van der Waals surface area contributed by atoms with E-state index < -0.39 is 0 Å². The summed E-state index contributed by atoms with van der Waals surface area (Å²) in [6, 6.07) is 33.3. The Balaban J connectivity index is 1.62. The van der Waals surface area contributed by atoms with Crippen LogP contribution in [0.4, 0.5) is 0 Å². The lowest BCUT2D eigenvalue weighted by atomic mass is 9.96. The van der Waals surface area contributed by atoms with Gasteiger partial charge in [0.05, 0.1) is 19.7 Å². The summed E-state index contributed by atoms with van der Waals surface area (Å²) in [5, 5.41) is 1.11. The molecule has 1 aromatic heterocycles. The van der Waals surface area contributed by atoms with E-state index in [0.29, 0.717) is 5.75 Å². The molecule has 0 radical (unpaired) electrons. The predicted molar refractivity (Wildman–Crippen MR) is 131 cm³/mol. The van der Waals surface area contributed by atoms with Gasteiger partial charge >= 0.3 is 0 Å². The lowest BCUT2D eigenvalue weighted by Crippen LogP contribution is -1.95. The van der Waals surface area contributed by atoms with Crippen molar-refractivity contribution in [2.24, 2.45) is 0 Å². The Hall–Kier alpha value is -4.11. The molecule has 5 rings (SSSR count). The van der Waals surface area contributed by atoms with Gasteiger partial charge in [-0.05, 0) is 46.5 Å². The second kappa shape index (κ2) is 8.56. The molecule has 0 saturated carbocycles. The summed E-state index contributed by atoms with van der Waals surface area (Å²) in [5.74, 6) is 1.41. The third-order valence-electron chi connectivity index (χ3n) is 5.71. The molecule has 0 N–H and O–H groups in total. The minimum absolute atomic E-state index is 0.695. The Morgan fingerprint density at radius 1 is 0.562 bits per heavy atom. The monoisotopic (exact) mass is 417 g/mol. The number of pyridine rings is 1. The molecule has 1 heterocycles. The van der Waals surface area contributed by atoms with Gasteiger partial charge in [-0.15, -0.1) is 0 Å². The topological polar surface area (TPSA) is 31.4 Å². The first kappa shape index (κ1) is 19.8. The number of ether oxygens (including phenoxy) is 2. The quantitative estimate of drug-likeness (QED) is 0.302. The summed E-state index contributed by atoms with van der Waals surface area (Å²) in [7, 11) is 3.35. The fraction of sp³-hybridized carbons (Fsp3) is 0.0690. The van der Waals surface area contributed by atoms with E-state index in [1.54, 1.807) is 14.2 Å². The van der Waals surface area contributed by atoms with Gasteiger partial charge in [0.15, 0.2) is 11.5 Å². The van der Waals surface area contributed by atoms with Crippen LogP contribution >= 0.6 is 0 Å². The van der Waals surface area contributed by atoms with Crippen LogP contribution in [0.1, 0.15) is 0 Å². The summed E-state index contributed by atoms with van der Waals surface area (Å²) < 4.78 is 11.5. The zero-order chi connectivity index (χ0) is 21.9. The number of rotatable bonds is 5. The number of para-hydroxylation sites is 1. The van der Waals surface area contributed by atoms with Gasteiger partial charge in [0.1, 0.15) is 0 Å². The normalized spacial score (nSPS) is 10.8. The maximum Gasteiger partial charge on any atom is 0.168 e. The van der Waals surface area contributed by atoms with Crippen molar-refractivity contribution in [1.82, 2.24) is 4.98 Å². The van der Waals surface area contributed by atoms with Crippen molar-refractivity contribution in [3.05, 3.63) is 103 Å². The molecule has 4 aromatic carbocycles. The second-order valence-electron chi connectivity index (χ2n) is 7.62. The van der Waals surface area contributed by atoms with Crippen LogP contribution < -0.4 is 9.47 Å². The van der Waals surface area contributed by atoms with E-state index in [0.717, 1.165) is 38.9 Å². The van der Waals surface area contributed by atoms with E-state index in [9.17, 15) is 0 Å². The Morgan fingerprint density at radius 3 is 2.00 bits per heavy atom. The summed E-state index contributed by atoms with van der Waals surface area (Å²) in [6.07, 6.45) is 1.91. The standard InChI is InChI=1S/C29H23NO2/c1-31-28-18-24(25-16-23-10-6-7-11-27(23)30-19-25)17-26(29(28)32-2)22-14-12-21(13-15-22)20-8-4-3-5-9-20/h3-19H,1-2H3. The van der Waals surface area contributed by atoms with Crippen molar-refractivity contribution in [2.45, 2.75) is 0 Å². The molecule has 0 fully saturated rings. The summed E-state index contributed by atoms with van der Waals surface area (Å²) in [4.78, 5) is 4.63. The van der Waals surface area contributed by atoms with Gasteiger partial charge in [-0.1, -0.05) is 72.8 Å². The summed E-state index contributed by atoms with van der Waals surface area (Å²) in [5.41, 5.74) is 7.46. The zero-order valence-electron chi connectivity index (χ0n) is 18.1. The van der Waals surface area contributed by atoms with Crippen LogP contribution in [0.2, 0.25) is 0 Å². The van der Waals surface area contributed by atoms with E-state index in [-0.39, 0.29) is 0 Å². The number of fused-ring (bicyclic) bond motifs is 1. The highest BCUT2D eigenvalue weighted by Crippen LogP contribution is 2.42. The van der Waals surface area contributed by atoms with Crippen LogP contribution in [0, 0.1) is 0 Å². The first-order chi connectivity index (χ1) is 15.8. The number of benzene rings is 4. The van der Waals surface area contributed by atoms with E-state index in [2.05, 4.69) is 71.7 Å². The molecule has 3 nitrogen and oxygen atoms in total. The first-order valence-corrected chi connectivity index (χ1v) is 10.5. The molecule has 0 spiro atoms. The number of nitrogens with zero attached hydrogens (tertiary/aromatic N) is 1. The molecule has 3 heteroatoms. The SMILES string of the molecule is COc1cc(-c2cnc3ccccc3c2)cc(-c2ccc(-c3ccccc3)cc2)c1OC. The summed E-state index contributed by atoms with van der Waals surface area (Å²) >= 11 is 0. The molecule has 0 aliphatic carbocycles. The largest absolute Gasteiger partial charge is 0.493 e. The third kappa shape index (κ3) is 3.69. The highest BCUT2D eigenvalue weighted by atomic mass is 16.5. The zero-order valence-corrected chi connectivity index (χ0v) is 18.1. The predicted octanol–water partition coefficient (Wildman–Crippen LogP) is 7.25. The van der Waals surface area contributed by atoms with Crippen molar-refractivity contribution >= 4 is 10.9 Å². The van der Waals surface area contributed by atoms with Crippen LogP contribution in [0.3, 0.4) is 0 Å². The van der Waals surface area contributed by atoms with E-state index >= 15 is 0 Å². The van der Waals surface area contributed by atoms with Crippen molar-refractivity contribution < 1.29 is 9.47 Å². The maximum atomic E-state index is 5.76. The highest BCUT2D eigenvalue weighted by molar-refractivity contribution is 5.87. The fourth-order valence-electron chi connectivity index (χ4n) is 4.05. The molecule has 32 heavy (non-hydrogen) atoms. The van der Waals surface area contributed by atoms with Gasteiger partial charge < -0.3 is 9.47 Å². The first-order valence-electron chi connectivity index (χ1n) is 10.5. The Labute approximate surface area is 187 Å². The molecule has 0 aliphatic heterocycles. The van der Waals surface area contributed by atoms with Gasteiger partial charge in [0.25, 0.3) is 0 Å². The Kier molecular flexibility index (Phi) is 5.30. The van der Waals surface area contributed by atoms with Crippen LogP contribution in [-0.2, 0) is 0 Å². The molecule has 0 unspecified atom stereocenters. The number of methoxy groups -OCH3 is 2. The van der Waals surface area contributed by atoms with E-state index in [1.165, 1.54) is 11.1 Å². The van der Waals surface area contributed by atoms with Gasteiger partial charge in [-0.25, -0.2) is 0 Å². The third-order valence-corrected chi connectivity index (χ3v) is 5.71. The van der Waals surface area contributed by atoms with E-state index in [4.69, 9.17) is 9.47 Å². The lowest BCUT2D eigenvalue weighted by molar-refractivity contribution is 0.356. The highest BCUT2D eigenvalue weighted by Gasteiger charge is 2.16. The van der Waals surface area contributed by atoms with Crippen molar-refractivity contribution in [2.75, 3.05) is 14.2 Å². The average molecular weight is 418 g/mol. The molecule has 0 aliphatic rings. The van der Waals surface area contributed by atoms with Crippen molar-refractivity contribution in [1.29, 1.82) is 0 Å². The second-order valence-corrected chi connectivity index (χ2v) is 7.62. The smallest absolute Gasteiger partial charge is 0.168 e. The maximum absolute atomic E-state index is 5.76. The van der Waals surface area contributed by atoms with E-state index in [1.807, 2.05) is 36.5 Å². The molecule has 0 amide bonds. The summed E-state index contributed by atoms with van der Waals surface area (Å²) in [6.45, 7) is 0. The molecular weight excluding hydrogens is 394 g/mol. The number of aromatic nitrogens is 1. The average Bonchev–Trinajstić information content (AvgIpc) is 2.88. The van der Waals surface area contributed by atoms with Crippen molar-refractivity contribution in [3.63, 3.8) is 0 Å². The van der Waals surface area contributed by atoms with Crippen LogP contribution in [0.15, 0.2) is 103 Å². The molecule has 156 valence electrons. The van der Waals surface area contributed by atoms with Crippen molar-refractivity contribution in [3.8, 4) is 44.9 Å². The molecule has 0 bridgehead atoms. The Bertz CT molecular complexity index is 1380. The fourth-order valence-corrected chi connectivity index (χ4v) is 4.05. The van der Waals surface area contributed by atoms with Crippen LogP contribution in [-0.4, -0.2) is 19.2 Å². The van der Waals surface area contributed by atoms with Gasteiger partial charge in [-0.2, -0.15) is 0 Å².